The number of amides is 4. The van der Waals surface area contributed by atoms with Crippen LogP contribution in [-0.2, 0) is 27.2 Å². The molecule has 1 aromatic heterocycles. The molecule has 0 spiro atoms. The largest absolute Gasteiger partial charge is 0.490 e. The molecule has 1 fully saturated rings. The minimum Gasteiger partial charge on any atom is -0.475 e. The fraction of sp³-hybridized carbons (Fsp3) is 0.429. The van der Waals surface area contributed by atoms with E-state index in [1.165, 1.54) is 0 Å². The van der Waals surface area contributed by atoms with Crippen molar-refractivity contribution in [1.29, 1.82) is 0 Å². The number of rotatable bonds is 17. The number of hydrogen-bond acceptors (Lipinski definition) is 9. The van der Waals surface area contributed by atoms with E-state index < -0.39 is 24.3 Å². The molecule has 0 unspecified atom stereocenters. The van der Waals surface area contributed by atoms with Gasteiger partial charge in [-0.1, -0.05) is 51.1 Å². The van der Waals surface area contributed by atoms with Gasteiger partial charge >= 0.3 is 18.2 Å². The van der Waals surface area contributed by atoms with Crippen LogP contribution in [0.3, 0.4) is 0 Å². The first kappa shape index (κ1) is 47.3. The molecule has 1 aliphatic carbocycles. The number of aliphatic carboxylic acids is 1. The Hall–Kier alpha value is -6.37. The minimum absolute atomic E-state index is 0.109. The second-order valence-corrected chi connectivity index (χ2v) is 14.5. The maximum atomic E-state index is 13.8. The molecule has 4 aromatic rings. The molecule has 7 N–H and O–H groups in total. The Morgan fingerprint density at radius 3 is 2.07 bits per heavy atom. The van der Waals surface area contributed by atoms with E-state index in [-0.39, 0.29) is 36.0 Å². The summed E-state index contributed by atoms with van der Waals surface area (Å²) in [5.74, 6) is -3.07. The van der Waals surface area contributed by atoms with Gasteiger partial charge in [-0.15, -0.1) is 10.2 Å². The number of aromatic amines is 1. The third-order valence-corrected chi connectivity index (χ3v) is 10.5. The Labute approximate surface area is 351 Å². The summed E-state index contributed by atoms with van der Waals surface area (Å²) in [6.45, 7) is 9.90. The van der Waals surface area contributed by atoms with Crippen molar-refractivity contribution in [2.75, 3.05) is 38.0 Å². The Morgan fingerprint density at radius 1 is 0.869 bits per heavy atom. The summed E-state index contributed by atoms with van der Waals surface area (Å²) in [4.78, 5) is 62.5. The molecule has 1 aliphatic rings. The summed E-state index contributed by atoms with van der Waals surface area (Å²) in [5.41, 5.74) is 5.79. The molecule has 19 heteroatoms. The van der Waals surface area contributed by atoms with E-state index in [4.69, 9.17) is 15.0 Å². The van der Waals surface area contributed by atoms with Gasteiger partial charge in [-0.2, -0.15) is 18.4 Å². The monoisotopic (exact) mass is 851 g/mol. The SMILES string of the molecule is CCc1ccc(C(=O)NCCN(CC)CC)cc1-c1ccc(C[C@H](NC(=O)C2CCC(CNC(=O)O)CC2)C(=O)Nc2ccc(-c3nn[nH]n3)cc2)cc1.O=C(O)C(F)(F)F. The van der Waals surface area contributed by atoms with Gasteiger partial charge in [-0.3, -0.25) is 14.4 Å². The number of carboxylic acid groups (broad SMARTS) is 2. The highest BCUT2D eigenvalue weighted by Gasteiger charge is 2.38. The number of likely N-dealkylation sites (N-methyl/N-ethyl adjacent to an activating group) is 1. The van der Waals surface area contributed by atoms with Crippen molar-refractivity contribution >= 4 is 35.5 Å². The molecule has 61 heavy (non-hydrogen) atoms. The van der Waals surface area contributed by atoms with Crippen molar-refractivity contribution in [3.63, 3.8) is 0 Å². The van der Waals surface area contributed by atoms with E-state index in [1.807, 2.05) is 42.5 Å². The van der Waals surface area contributed by atoms with Crippen molar-refractivity contribution in [1.82, 2.24) is 41.5 Å². The molecule has 3 aromatic carbocycles. The lowest BCUT2D eigenvalue weighted by molar-refractivity contribution is -0.192. The van der Waals surface area contributed by atoms with Crippen LogP contribution in [0, 0.1) is 11.8 Å². The van der Waals surface area contributed by atoms with Crippen LogP contribution in [0.2, 0.25) is 0 Å². The summed E-state index contributed by atoms with van der Waals surface area (Å²) >= 11 is 0. The smallest absolute Gasteiger partial charge is 0.475 e. The first-order valence-electron chi connectivity index (χ1n) is 20.1. The van der Waals surface area contributed by atoms with Crippen molar-refractivity contribution < 1.29 is 47.4 Å². The average molecular weight is 852 g/mol. The van der Waals surface area contributed by atoms with E-state index in [0.717, 1.165) is 66.7 Å². The Bertz CT molecular complexity index is 2050. The lowest BCUT2D eigenvalue weighted by Gasteiger charge is -2.29. The van der Waals surface area contributed by atoms with Crippen LogP contribution in [-0.4, -0.2) is 110 Å². The summed E-state index contributed by atoms with van der Waals surface area (Å²) in [6, 6.07) is 19.9. The molecule has 1 atom stereocenters. The van der Waals surface area contributed by atoms with Crippen LogP contribution >= 0.6 is 0 Å². The molecule has 328 valence electrons. The van der Waals surface area contributed by atoms with Crippen LogP contribution < -0.4 is 21.3 Å². The van der Waals surface area contributed by atoms with E-state index in [9.17, 15) is 32.3 Å². The predicted octanol–water partition coefficient (Wildman–Crippen LogP) is 5.54. The van der Waals surface area contributed by atoms with E-state index >= 15 is 0 Å². The van der Waals surface area contributed by atoms with E-state index in [2.05, 4.69) is 67.6 Å². The highest BCUT2D eigenvalue weighted by molar-refractivity contribution is 5.98. The number of carboxylic acids is 1. The van der Waals surface area contributed by atoms with Crippen LogP contribution in [0.25, 0.3) is 22.5 Å². The van der Waals surface area contributed by atoms with Crippen LogP contribution in [0.4, 0.5) is 23.7 Å². The summed E-state index contributed by atoms with van der Waals surface area (Å²) in [6.07, 6.45) is -2.40. The molecule has 1 saturated carbocycles. The zero-order valence-electron chi connectivity index (χ0n) is 34.2. The van der Waals surface area contributed by atoms with Crippen LogP contribution in [0.1, 0.15) is 67.9 Å². The van der Waals surface area contributed by atoms with Gasteiger partial charge in [-0.05, 0) is 115 Å². The van der Waals surface area contributed by atoms with Gasteiger partial charge in [0.25, 0.3) is 5.91 Å². The minimum atomic E-state index is -5.08. The van der Waals surface area contributed by atoms with Gasteiger partial charge in [0.2, 0.25) is 17.6 Å². The van der Waals surface area contributed by atoms with Crippen LogP contribution in [0.15, 0.2) is 66.7 Å². The van der Waals surface area contributed by atoms with Gasteiger partial charge in [0.05, 0.1) is 0 Å². The number of aromatic nitrogens is 4. The van der Waals surface area contributed by atoms with Crippen molar-refractivity contribution in [3.05, 3.63) is 83.4 Å². The number of nitrogens with zero attached hydrogens (tertiary/aromatic N) is 4. The zero-order chi connectivity index (χ0) is 44.5. The summed E-state index contributed by atoms with van der Waals surface area (Å²) < 4.78 is 31.7. The van der Waals surface area contributed by atoms with Gasteiger partial charge < -0.3 is 36.4 Å². The molecule has 16 nitrogen and oxygen atoms in total. The van der Waals surface area contributed by atoms with E-state index in [0.29, 0.717) is 43.0 Å². The normalized spacial score (nSPS) is 15.5. The second kappa shape index (κ2) is 22.8. The number of tetrazole rings is 1. The number of anilines is 1. The Balaban J connectivity index is 0.00000107. The second-order valence-electron chi connectivity index (χ2n) is 14.5. The molecule has 0 radical (unpaired) electrons. The quantitative estimate of drug-likeness (QED) is 0.0697. The fourth-order valence-electron chi connectivity index (χ4n) is 6.90. The zero-order valence-corrected chi connectivity index (χ0v) is 34.2. The molecule has 0 aliphatic heterocycles. The molecule has 0 bridgehead atoms. The number of carbonyl (C=O) groups is 5. The van der Waals surface area contributed by atoms with Gasteiger partial charge in [0.15, 0.2) is 0 Å². The highest BCUT2D eigenvalue weighted by Crippen LogP contribution is 2.30. The number of hydrogen-bond donors (Lipinski definition) is 7. The fourth-order valence-corrected chi connectivity index (χ4v) is 6.90. The Morgan fingerprint density at radius 2 is 1.51 bits per heavy atom. The lowest BCUT2D eigenvalue weighted by atomic mass is 9.81. The molecule has 0 saturated heterocycles. The lowest BCUT2D eigenvalue weighted by Crippen LogP contribution is -2.48. The molecular weight excluding hydrogens is 800 g/mol. The third-order valence-electron chi connectivity index (χ3n) is 10.5. The number of nitrogens with one attached hydrogen (secondary N) is 5. The highest BCUT2D eigenvalue weighted by atomic mass is 19.4. The Kier molecular flexibility index (Phi) is 17.7. The number of halogens is 3. The standard InChI is InChI=1S/C40H51N9O5.C2HF3O2/c1-4-28-15-16-32(37(50)41-21-22-49(5-2)6-3)24-34(28)29-11-7-26(8-12-29)23-35(44-38(51)31-13-9-27(10-14-31)25-42-40(53)54)39(52)43-33-19-17-30(18-20-33)36-45-47-48-46-36;3-2(4,5)1(6)7/h7-8,11-12,15-20,24,27,31,35,42H,4-6,9-10,13-14,21-23,25H2,1-3H3,(H,41,50)(H,43,52)(H,44,51)(H,53,54)(H,45,46,47,48);(H,6,7)/t27?,31?,35-;/m0./s1. The van der Waals surface area contributed by atoms with Crippen molar-refractivity contribution in [2.24, 2.45) is 11.8 Å². The molecular formula is C42H52F3N9O7. The third kappa shape index (κ3) is 14.7. The maximum Gasteiger partial charge on any atom is 0.490 e. The van der Waals surface area contributed by atoms with Gasteiger partial charge in [0, 0.05) is 48.8 Å². The molecule has 4 amide bonds. The number of alkyl halides is 3. The van der Waals surface area contributed by atoms with Gasteiger partial charge in [-0.25, -0.2) is 9.59 Å². The first-order chi connectivity index (χ1) is 29.1. The topological polar surface area (TPSA) is 232 Å². The van der Waals surface area contributed by atoms with Gasteiger partial charge in [0.1, 0.15) is 6.04 Å². The van der Waals surface area contributed by atoms with Crippen molar-refractivity contribution in [3.8, 4) is 22.5 Å². The maximum absolute atomic E-state index is 13.8. The van der Waals surface area contributed by atoms with E-state index in [1.54, 1.807) is 24.3 Å². The number of aryl methyl sites for hydroxylation is 1. The molecule has 1 heterocycles. The summed E-state index contributed by atoms with van der Waals surface area (Å²) in [5, 5.41) is 41.5. The number of H-pyrrole nitrogens is 1. The first-order valence-corrected chi connectivity index (χ1v) is 20.1. The number of benzene rings is 3. The average Bonchev–Trinajstić information content (AvgIpc) is 3.80. The summed E-state index contributed by atoms with van der Waals surface area (Å²) in [7, 11) is 0. The predicted molar refractivity (Wildman–Crippen MR) is 220 cm³/mol. The number of carbonyl (C=O) groups excluding carboxylic acids is 3. The molecule has 5 rings (SSSR count). The van der Waals surface area contributed by atoms with Crippen LogP contribution in [0.5, 0.6) is 0 Å². The van der Waals surface area contributed by atoms with Crippen molar-refractivity contribution in [2.45, 2.75) is 71.5 Å².